The van der Waals surface area contributed by atoms with E-state index in [1.807, 2.05) is 0 Å². The van der Waals surface area contributed by atoms with Gasteiger partial charge in [0.25, 0.3) is 0 Å². The minimum Gasteiger partial charge on any atom is -0.390 e. The highest BCUT2D eigenvalue weighted by Gasteiger charge is 2.70. The molecule has 0 atom stereocenters. The molecule has 0 aliphatic carbocycles. The summed E-state index contributed by atoms with van der Waals surface area (Å²) in [5, 5.41) is 15.5. The van der Waals surface area contributed by atoms with E-state index in [1.54, 1.807) is 0 Å². The minimum atomic E-state index is -5.84. The summed E-state index contributed by atoms with van der Waals surface area (Å²) in [6, 6.07) is 0. The molecule has 0 aromatic heterocycles. The van der Waals surface area contributed by atoms with Crippen LogP contribution in [0, 0.1) is 0 Å². The largest absolute Gasteiger partial charge is 0.522 e. The van der Waals surface area contributed by atoms with Crippen LogP contribution in [0.2, 0.25) is 0 Å². The molecule has 0 aliphatic rings. The van der Waals surface area contributed by atoms with Crippen LogP contribution in [-0.4, -0.2) is 59.7 Å². The standard InChI is InChI=1S/C5H6F6O2.CHF3O3S/c6-3(7,1-12)5(10,11)4(8,9)2-13;2-1(3,4)8(5,6)7/h12-13H,1-2H2;(H,5,6,7). The molecule has 130 valence electrons. The first kappa shape index (κ1) is 22.5. The van der Waals surface area contributed by atoms with Crippen LogP contribution in [0.3, 0.4) is 0 Å². The molecule has 0 saturated carbocycles. The molecule has 0 bridgehead atoms. The summed E-state index contributed by atoms with van der Waals surface area (Å²) in [6.45, 7) is -4.84. The van der Waals surface area contributed by atoms with Gasteiger partial charge in [-0.15, -0.1) is 0 Å². The van der Waals surface area contributed by atoms with E-state index in [1.165, 1.54) is 0 Å². The van der Waals surface area contributed by atoms with Crippen molar-refractivity contribution in [1.82, 2.24) is 0 Å². The maximum atomic E-state index is 12.2. The van der Waals surface area contributed by atoms with E-state index in [0.29, 0.717) is 0 Å². The molecule has 0 unspecified atom stereocenters. The molecular formula is C6H7F9O5S. The smallest absolute Gasteiger partial charge is 0.390 e. The number of halogens is 9. The molecule has 0 rings (SSSR count). The van der Waals surface area contributed by atoms with Crippen molar-refractivity contribution in [3.8, 4) is 0 Å². The third-order valence-corrected chi connectivity index (χ3v) is 2.19. The highest BCUT2D eigenvalue weighted by Crippen LogP contribution is 2.44. The van der Waals surface area contributed by atoms with Crippen molar-refractivity contribution in [2.45, 2.75) is 23.3 Å². The van der Waals surface area contributed by atoms with Gasteiger partial charge in [-0.05, 0) is 0 Å². The Morgan fingerprint density at radius 2 is 0.905 bits per heavy atom. The Morgan fingerprint density at radius 1 is 0.714 bits per heavy atom. The summed E-state index contributed by atoms with van der Waals surface area (Å²) in [6.07, 6.45) is 0. The zero-order valence-corrected chi connectivity index (χ0v) is 10.2. The van der Waals surface area contributed by atoms with E-state index in [-0.39, 0.29) is 0 Å². The van der Waals surface area contributed by atoms with Gasteiger partial charge in [-0.25, -0.2) is 0 Å². The molecule has 0 radical (unpaired) electrons. The fourth-order valence-corrected chi connectivity index (χ4v) is 0.466. The quantitative estimate of drug-likeness (QED) is 0.398. The minimum absolute atomic E-state index is 2.42. The summed E-state index contributed by atoms with van der Waals surface area (Å²) in [5.41, 5.74) is -5.53. The fraction of sp³-hybridized carbons (Fsp3) is 1.00. The molecule has 5 nitrogen and oxygen atoms in total. The third-order valence-electron chi connectivity index (χ3n) is 1.61. The zero-order valence-electron chi connectivity index (χ0n) is 9.38. The first-order valence-electron chi connectivity index (χ1n) is 4.26. The predicted molar refractivity (Wildman–Crippen MR) is 46.6 cm³/mol. The number of hydrogen-bond acceptors (Lipinski definition) is 4. The van der Waals surface area contributed by atoms with E-state index in [0.717, 1.165) is 0 Å². The van der Waals surface area contributed by atoms with Crippen molar-refractivity contribution in [1.29, 1.82) is 0 Å². The molecule has 21 heavy (non-hydrogen) atoms. The van der Waals surface area contributed by atoms with Crippen molar-refractivity contribution >= 4 is 10.1 Å². The third kappa shape index (κ3) is 5.48. The molecule has 0 saturated heterocycles. The molecular weight excluding hydrogens is 355 g/mol. The maximum Gasteiger partial charge on any atom is 0.522 e. The van der Waals surface area contributed by atoms with Crippen molar-refractivity contribution in [3.05, 3.63) is 0 Å². The molecule has 15 heteroatoms. The monoisotopic (exact) mass is 362 g/mol. The number of alkyl halides is 9. The zero-order chi connectivity index (χ0) is 17.9. The van der Waals surface area contributed by atoms with E-state index >= 15 is 0 Å². The summed E-state index contributed by atoms with van der Waals surface area (Å²) < 4.78 is 130. The van der Waals surface area contributed by atoms with E-state index in [2.05, 4.69) is 0 Å². The molecule has 0 heterocycles. The van der Waals surface area contributed by atoms with Gasteiger partial charge in [0.15, 0.2) is 0 Å². The number of aliphatic hydroxyl groups is 2. The van der Waals surface area contributed by atoms with Crippen LogP contribution in [0.25, 0.3) is 0 Å². The Balaban J connectivity index is 0. The van der Waals surface area contributed by atoms with Gasteiger partial charge in [-0.1, -0.05) is 0 Å². The number of rotatable bonds is 4. The van der Waals surface area contributed by atoms with Gasteiger partial charge in [0.1, 0.15) is 13.2 Å². The summed E-state index contributed by atoms with van der Waals surface area (Å²) in [4.78, 5) is 0. The molecule has 0 aliphatic heterocycles. The maximum absolute atomic E-state index is 12.2. The Hall–Kier alpha value is -0.800. The SMILES string of the molecule is O=S(=O)(O)C(F)(F)F.OCC(F)(F)C(F)(F)C(F)(F)CO. The van der Waals surface area contributed by atoms with Gasteiger partial charge in [-0.2, -0.15) is 47.9 Å². The molecule has 0 aromatic carbocycles. The Morgan fingerprint density at radius 3 is 1.00 bits per heavy atom. The van der Waals surface area contributed by atoms with Gasteiger partial charge >= 0.3 is 33.4 Å². The van der Waals surface area contributed by atoms with E-state index in [9.17, 15) is 39.5 Å². The van der Waals surface area contributed by atoms with Crippen LogP contribution in [-0.2, 0) is 10.1 Å². The molecule has 0 spiro atoms. The van der Waals surface area contributed by atoms with Crippen LogP contribution in [0.1, 0.15) is 0 Å². The average molecular weight is 362 g/mol. The van der Waals surface area contributed by atoms with Crippen LogP contribution in [0.15, 0.2) is 0 Å². The number of hydrogen-bond donors (Lipinski definition) is 3. The van der Waals surface area contributed by atoms with Crippen molar-refractivity contribution in [3.63, 3.8) is 0 Å². The molecule has 0 amide bonds. The van der Waals surface area contributed by atoms with Gasteiger partial charge < -0.3 is 10.2 Å². The van der Waals surface area contributed by atoms with Gasteiger partial charge in [0.05, 0.1) is 0 Å². The first-order valence-corrected chi connectivity index (χ1v) is 5.70. The fourth-order valence-electron chi connectivity index (χ4n) is 0.466. The van der Waals surface area contributed by atoms with Crippen LogP contribution in [0.4, 0.5) is 39.5 Å². The Bertz CT molecular complexity index is 410. The van der Waals surface area contributed by atoms with Crippen molar-refractivity contribution in [2.24, 2.45) is 0 Å². The van der Waals surface area contributed by atoms with E-state index in [4.69, 9.17) is 23.2 Å². The molecule has 0 fully saturated rings. The lowest BCUT2D eigenvalue weighted by atomic mass is 10.1. The topological polar surface area (TPSA) is 94.8 Å². The second kappa shape index (κ2) is 6.53. The highest BCUT2D eigenvalue weighted by atomic mass is 32.2. The lowest BCUT2D eigenvalue weighted by Crippen LogP contribution is -2.57. The average Bonchev–Trinajstić information content (AvgIpc) is 2.26. The summed E-state index contributed by atoms with van der Waals surface area (Å²) in [7, 11) is -5.84. The van der Waals surface area contributed by atoms with E-state index < -0.39 is 46.6 Å². The Labute approximate surface area is 110 Å². The second-order valence-corrected chi connectivity index (χ2v) is 4.63. The lowest BCUT2D eigenvalue weighted by molar-refractivity contribution is -0.323. The normalized spacial score (nSPS) is 14.5. The van der Waals surface area contributed by atoms with Crippen LogP contribution >= 0.6 is 0 Å². The van der Waals surface area contributed by atoms with Gasteiger partial charge in [-0.3, -0.25) is 4.55 Å². The van der Waals surface area contributed by atoms with Gasteiger partial charge in [0.2, 0.25) is 0 Å². The summed E-state index contributed by atoms with van der Waals surface area (Å²) >= 11 is 0. The van der Waals surface area contributed by atoms with Gasteiger partial charge in [0, 0.05) is 0 Å². The molecule has 0 aromatic rings. The Kier molecular flexibility index (Phi) is 6.99. The highest BCUT2D eigenvalue weighted by molar-refractivity contribution is 7.86. The van der Waals surface area contributed by atoms with Crippen LogP contribution in [0.5, 0.6) is 0 Å². The second-order valence-electron chi connectivity index (χ2n) is 3.22. The molecule has 3 N–H and O–H groups in total. The first-order chi connectivity index (χ1) is 8.87. The van der Waals surface area contributed by atoms with Crippen molar-refractivity contribution < 1.29 is 62.7 Å². The number of aliphatic hydroxyl groups excluding tert-OH is 2. The van der Waals surface area contributed by atoms with Crippen LogP contribution < -0.4 is 0 Å². The predicted octanol–water partition coefficient (Wildman–Crippen LogP) is 1.27. The van der Waals surface area contributed by atoms with Crippen molar-refractivity contribution in [2.75, 3.05) is 13.2 Å². The summed E-state index contributed by atoms with van der Waals surface area (Å²) in [5.74, 6) is -16.3. The lowest BCUT2D eigenvalue weighted by Gasteiger charge is -2.30.